The van der Waals surface area contributed by atoms with Crippen molar-refractivity contribution in [2.45, 2.75) is 66.1 Å². The average Bonchev–Trinajstić information content (AvgIpc) is 2.11. The molecule has 0 unspecified atom stereocenters. The molecule has 0 aliphatic carbocycles. The molecule has 0 N–H and O–H groups in total. The molecule has 0 fully saturated rings. The predicted molar refractivity (Wildman–Crippen MR) is 95.5 cm³/mol. The molecule has 0 atom stereocenters. The van der Waals surface area contributed by atoms with E-state index in [1.165, 1.54) is 19.8 Å². The molecule has 0 spiro atoms. The Labute approximate surface area is 136 Å². The molecule has 0 bridgehead atoms. The third-order valence-electron chi connectivity index (χ3n) is 1.08. The van der Waals surface area contributed by atoms with E-state index in [-0.39, 0.29) is 4.75 Å². The van der Waals surface area contributed by atoms with Crippen molar-refractivity contribution in [3.63, 3.8) is 0 Å². The summed E-state index contributed by atoms with van der Waals surface area (Å²) >= 11 is 8.26. The van der Waals surface area contributed by atoms with E-state index >= 15 is 0 Å². The van der Waals surface area contributed by atoms with Gasteiger partial charge < -0.3 is 0 Å². The first-order valence-electron chi connectivity index (χ1n) is 6.43. The summed E-state index contributed by atoms with van der Waals surface area (Å²) in [6, 6.07) is 1.75. The molecule has 0 saturated carbocycles. The second-order valence-electron chi connectivity index (χ2n) is 6.22. The number of hydrogen-bond donors (Lipinski definition) is 2. The van der Waals surface area contributed by atoms with Crippen LogP contribution >= 0.6 is 25.3 Å². The number of hydrogen-bond acceptors (Lipinski definition) is 5. The summed E-state index contributed by atoms with van der Waals surface area (Å²) < 4.78 is 0.194. The normalized spacial score (nSPS) is 9.45. The second-order valence-corrected chi connectivity index (χ2v) is 8.01. The van der Waals surface area contributed by atoms with Crippen LogP contribution in [-0.4, -0.2) is 22.5 Å². The van der Waals surface area contributed by atoms with Crippen LogP contribution in [0.15, 0.2) is 0 Å². The highest BCUT2D eigenvalue weighted by molar-refractivity contribution is 7.81. The Balaban J connectivity index is -0.0000000924. The van der Waals surface area contributed by atoms with Crippen molar-refractivity contribution >= 4 is 25.3 Å². The van der Waals surface area contributed by atoms with Gasteiger partial charge in [0.15, 0.2) is 7.05 Å². The molecular formula is C14H32N2O2S2. The minimum atomic E-state index is -0.500. The van der Waals surface area contributed by atoms with Gasteiger partial charge in [0.05, 0.1) is 6.07 Å². The molecule has 0 aliphatic rings. The van der Waals surface area contributed by atoms with Gasteiger partial charge in [-0.05, 0) is 24.0 Å². The molecule has 122 valence electrons. The molecule has 0 aromatic rings. The van der Waals surface area contributed by atoms with Crippen LogP contribution < -0.4 is 0 Å². The van der Waals surface area contributed by atoms with Gasteiger partial charge in [0.1, 0.15) is 0 Å². The fraction of sp³-hybridized carbons (Fsp3) is 0.929. The molecule has 0 aromatic heterocycles. The van der Waals surface area contributed by atoms with E-state index in [4.69, 9.17) is 15.4 Å². The van der Waals surface area contributed by atoms with Crippen molar-refractivity contribution in [2.75, 3.05) is 12.8 Å². The summed E-state index contributed by atoms with van der Waals surface area (Å²) in [7, 11) is 0.889. The zero-order chi connectivity index (χ0) is 17.4. The molecule has 0 radical (unpaired) electrons. The van der Waals surface area contributed by atoms with Crippen LogP contribution in [0.25, 0.3) is 0 Å². The molecule has 0 amide bonds. The topological polar surface area (TPSA) is 66.9 Å². The first-order chi connectivity index (χ1) is 8.71. The zero-order valence-corrected chi connectivity index (χ0v) is 16.0. The fourth-order valence-corrected chi connectivity index (χ4v) is 0.768. The monoisotopic (exact) mass is 324 g/mol. The number of nitro groups is 1. The van der Waals surface area contributed by atoms with Gasteiger partial charge in [0.2, 0.25) is 0 Å². The van der Waals surface area contributed by atoms with E-state index in [2.05, 4.69) is 66.8 Å². The van der Waals surface area contributed by atoms with Crippen molar-refractivity contribution < 1.29 is 4.92 Å². The maximum Gasteiger partial charge on any atom is 0.194 e. The van der Waals surface area contributed by atoms with E-state index in [9.17, 15) is 0 Å². The van der Waals surface area contributed by atoms with Crippen molar-refractivity contribution in [3.8, 4) is 6.07 Å². The zero-order valence-electron chi connectivity index (χ0n) is 14.2. The predicted octanol–water partition coefficient (Wildman–Crippen LogP) is 4.88. The number of nitriles is 1. The fourth-order valence-electron chi connectivity index (χ4n) is 0.609. The van der Waals surface area contributed by atoms with Gasteiger partial charge in [-0.15, -0.1) is 0 Å². The Bertz CT molecular complexity index is 241. The lowest BCUT2D eigenvalue weighted by atomic mass is 9.91. The van der Waals surface area contributed by atoms with Crippen molar-refractivity contribution in [3.05, 3.63) is 10.1 Å². The largest absolute Gasteiger partial charge is 0.265 e. The highest BCUT2D eigenvalue weighted by Crippen LogP contribution is 2.20. The molecule has 20 heavy (non-hydrogen) atoms. The summed E-state index contributed by atoms with van der Waals surface area (Å²) in [4.78, 5) is 8.31. The standard InChI is InChI=1S/C7H16S.C4H10S.C2H3N.CH3NO2/c1-7(2,3)5-4-6-8;1-4(2,3)5;1-2-3;1-2(3)4/h8H,4-6H2,1-3H3;5H,1-3H3;1H3;1H3. The Kier molecular flexibility index (Phi) is 23.2. The molecule has 0 aromatic carbocycles. The third-order valence-corrected chi connectivity index (χ3v) is 1.40. The van der Waals surface area contributed by atoms with Gasteiger partial charge in [-0.3, -0.25) is 10.1 Å². The third kappa shape index (κ3) is 230. The highest BCUT2D eigenvalue weighted by Gasteiger charge is 2.07. The highest BCUT2D eigenvalue weighted by atomic mass is 32.1. The minimum absolute atomic E-state index is 0.194. The van der Waals surface area contributed by atoms with Gasteiger partial charge in [-0.25, -0.2) is 0 Å². The summed E-state index contributed by atoms with van der Waals surface area (Å²) in [5, 5.41) is 16.1. The lowest BCUT2D eigenvalue weighted by molar-refractivity contribution is -0.445. The molecule has 6 heteroatoms. The van der Waals surface area contributed by atoms with Crippen molar-refractivity contribution in [1.29, 1.82) is 5.26 Å². The van der Waals surface area contributed by atoms with E-state index in [1.807, 2.05) is 0 Å². The summed E-state index contributed by atoms with van der Waals surface area (Å²) in [6.45, 7) is 14.4. The van der Waals surface area contributed by atoms with E-state index < -0.39 is 4.92 Å². The Hall–Kier alpha value is -0.410. The van der Waals surface area contributed by atoms with Gasteiger partial charge in [-0.1, -0.05) is 41.5 Å². The van der Waals surface area contributed by atoms with Gasteiger partial charge >= 0.3 is 0 Å². The molecule has 0 saturated heterocycles. The Morgan fingerprint density at radius 3 is 1.45 bits per heavy atom. The Morgan fingerprint density at radius 1 is 1.20 bits per heavy atom. The molecular weight excluding hydrogens is 292 g/mol. The summed E-state index contributed by atoms with van der Waals surface area (Å²) in [5.41, 5.74) is 0.503. The van der Waals surface area contributed by atoms with Crippen LogP contribution in [0.1, 0.15) is 61.3 Å². The lowest BCUT2D eigenvalue weighted by Gasteiger charge is -2.16. The summed E-state index contributed by atoms with van der Waals surface area (Å²) in [6.07, 6.45) is 2.53. The minimum Gasteiger partial charge on any atom is -0.265 e. The quantitative estimate of drug-likeness (QED) is 0.432. The smallest absolute Gasteiger partial charge is 0.194 e. The van der Waals surface area contributed by atoms with Gasteiger partial charge in [0, 0.05) is 16.6 Å². The molecule has 0 rings (SSSR count). The van der Waals surface area contributed by atoms with Crippen LogP contribution in [0.2, 0.25) is 0 Å². The number of thiol groups is 2. The SMILES string of the molecule is CC#N.CC(C)(C)CCCS.CC(C)(C)S.C[N+](=O)[O-]. The summed E-state index contributed by atoms with van der Waals surface area (Å²) in [5.74, 6) is 1.03. The molecule has 0 heterocycles. The number of nitrogens with zero attached hydrogens (tertiary/aromatic N) is 2. The van der Waals surface area contributed by atoms with Crippen LogP contribution in [0.3, 0.4) is 0 Å². The lowest BCUT2D eigenvalue weighted by Crippen LogP contribution is -2.04. The van der Waals surface area contributed by atoms with E-state index in [0.29, 0.717) is 5.41 Å². The van der Waals surface area contributed by atoms with Crippen LogP contribution in [0, 0.1) is 26.9 Å². The van der Waals surface area contributed by atoms with Gasteiger partial charge in [0.25, 0.3) is 0 Å². The maximum absolute atomic E-state index is 8.81. The average molecular weight is 325 g/mol. The second kappa shape index (κ2) is 16.6. The number of rotatable bonds is 2. The first kappa shape index (κ1) is 27.9. The van der Waals surface area contributed by atoms with E-state index in [1.54, 1.807) is 6.07 Å². The first-order valence-corrected chi connectivity index (χ1v) is 7.51. The van der Waals surface area contributed by atoms with Gasteiger partial charge in [-0.2, -0.15) is 30.5 Å². The van der Waals surface area contributed by atoms with E-state index in [0.717, 1.165) is 12.8 Å². The van der Waals surface area contributed by atoms with Crippen LogP contribution in [-0.2, 0) is 0 Å². The maximum atomic E-state index is 8.81. The molecule has 0 aliphatic heterocycles. The van der Waals surface area contributed by atoms with Crippen molar-refractivity contribution in [1.82, 2.24) is 0 Å². The van der Waals surface area contributed by atoms with Crippen molar-refractivity contribution in [2.24, 2.45) is 5.41 Å². The Morgan fingerprint density at radius 2 is 1.40 bits per heavy atom. The van der Waals surface area contributed by atoms with Crippen LogP contribution in [0.4, 0.5) is 0 Å². The molecule has 4 nitrogen and oxygen atoms in total. The van der Waals surface area contributed by atoms with Crippen LogP contribution in [0.5, 0.6) is 0 Å².